The SMILES string of the molecule is CC(c1ccc(-c2cnc(N)cn2)cc1)N1CCCCC1. The third-order valence-corrected chi connectivity index (χ3v) is 4.30. The number of nitrogens with zero attached hydrogens (tertiary/aromatic N) is 3. The summed E-state index contributed by atoms with van der Waals surface area (Å²) in [5.74, 6) is 0.453. The normalized spacial score (nSPS) is 17.6. The number of likely N-dealkylation sites (tertiary alicyclic amines) is 1. The second kappa shape index (κ2) is 6.22. The van der Waals surface area contributed by atoms with Crippen molar-refractivity contribution in [1.29, 1.82) is 0 Å². The molecule has 1 saturated heterocycles. The number of nitrogens with two attached hydrogens (primary N) is 1. The molecule has 1 atom stereocenters. The summed E-state index contributed by atoms with van der Waals surface area (Å²) in [4.78, 5) is 11.0. The van der Waals surface area contributed by atoms with E-state index in [4.69, 9.17) is 5.73 Å². The van der Waals surface area contributed by atoms with Gasteiger partial charge in [0.05, 0.1) is 18.1 Å². The molecule has 1 aliphatic rings. The van der Waals surface area contributed by atoms with Crippen molar-refractivity contribution in [1.82, 2.24) is 14.9 Å². The monoisotopic (exact) mass is 282 g/mol. The summed E-state index contributed by atoms with van der Waals surface area (Å²) < 4.78 is 0. The summed E-state index contributed by atoms with van der Waals surface area (Å²) in [7, 11) is 0. The number of hydrogen-bond donors (Lipinski definition) is 1. The maximum atomic E-state index is 5.57. The third kappa shape index (κ3) is 3.22. The highest BCUT2D eigenvalue weighted by Crippen LogP contribution is 2.26. The van der Waals surface area contributed by atoms with Gasteiger partial charge in [0, 0.05) is 11.6 Å². The minimum Gasteiger partial charge on any atom is -0.382 e. The zero-order valence-electron chi connectivity index (χ0n) is 12.5. The minimum atomic E-state index is 0.453. The Morgan fingerprint density at radius 2 is 1.71 bits per heavy atom. The van der Waals surface area contributed by atoms with Crippen LogP contribution in [0.1, 0.15) is 37.8 Å². The molecule has 0 amide bonds. The van der Waals surface area contributed by atoms with E-state index in [-0.39, 0.29) is 0 Å². The molecule has 0 aliphatic carbocycles. The largest absolute Gasteiger partial charge is 0.382 e. The Morgan fingerprint density at radius 1 is 1.00 bits per heavy atom. The van der Waals surface area contributed by atoms with Crippen LogP contribution in [0.15, 0.2) is 36.7 Å². The lowest BCUT2D eigenvalue weighted by Gasteiger charge is -2.32. The highest BCUT2D eigenvalue weighted by molar-refractivity contribution is 5.59. The van der Waals surface area contributed by atoms with Crippen molar-refractivity contribution in [2.75, 3.05) is 18.8 Å². The molecule has 4 heteroatoms. The zero-order chi connectivity index (χ0) is 14.7. The first-order valence-electron chi connectivity index (χ1n) is 7.66. The first kappa shape index (κ1) is 14.0. The summed E-state index contributed by atoms with van der Waals surface area (Å²) in [6.07, 6.45) is 7.34. The lowest BCUT2D eigenvalue weighted by Crippen LogP contribution is -2.32. The lowest BCUT2D eigenvalue weighted by atomic mass is 10.0. The fourth-order valence-electron chi connectivity index (χ4n) is 2.94. The Bertz CT molecular complexity index is 571. The van der Waals surface area contributed by atoms with Gasteiger partial charge in [-0.05, 0) is 38.4 Å². The number of benzene rings is 1. The second-order valence-electron chi connectivity index (χ2n) is 5.72. The van der Waals surface area contributed by atoms with Crippen LogP contribution in [0, 0.1) is 0 Å². The van der Waals surface area contributed by atoms with Gasteiger partial charge in [-0.2, -0.15) is 0 Å². The van der Waals surface area contributed by atoms with Crippen LogP contribution in [-0.4, -0.2) is 28.0 Å². The third-order valence-electron chi connectivity index (χ3n) is 4.30. The summed E-state index contributed by atoms with van der Waals surface area (Å²) >= 11 is 0. The smallest absolute Gasteiger partial charge is 0.141 e. The summed E-state index contributed by atoms with van der Waals surface area (Å²) in [6.45, 7) is 4.72. The molecule has 2 N–H and O–H groups in total. The molecule has 2 aromatic rings. The predicted octanol–water partition coefficient (Wildman–Crippen LogP) is 3.27. The van der Waals surface area contributed by atoms with Crippen LogP contribution in [0.5, 0.6) is 0 Å². The quantitative estimate of drug-likeness (QED) is 0.938. The molecular weight excluding hydrogens is 260 g/mol. The Morgan fingerprint density at radius 3 is 2.33 bits per heavy atom. The molecule has 0 spiro atoms. The number of rotatable bonds is 3. The van der Waals surface area contributed by atoms with Crippen LogP contribution in [0.2, 0.25) is 0 Å². The maximum absolute atomic E-state index is 5.57. The first-order chi connectivity index (χ1) is 10.2. The Labute approximate surface area is 126 Å². The summed E-state index contributed by atoms with van der Waals surface area (Å²) in [6, 6.07) is 9.13. The van der Waals surface area contributed by atoms with Gasteiger partial charge in [0.1, 0.15) is 5.82 Å². The molecule has 1 aromatic heterocycles. The van der Waals surface area contributed by atoms with Gasteiger partial charge >= 0.3 is 0 Å². The van der Waals surface area contributed by atoms with Gasteiger partial charge in [-0.3, -0.25) is 9.88 Å². The van der Waals surface area contributed by atoms with E-state index in [0.29, 0.717) is 11.9 Å². The van der Waals surface area contributed by atoms with E-state index in [9.17, 15) is 0 Å². The van der Waals surface area contributed by atoms with Gasteiger partial charge in [-0.15, -0.1) is 0 Å². The van der Waals surface area contributed by atoms with E-state index in [0.717, 1.165) is 11.3 Å². The average molecular weight is 282 g/mol. The van der Waals surface area contributed by atoms with Gasteiger partial charge in [0.2, 0.25) is 0 Å². The molecule has 0 saturated carbocycles. The van der Waals surface area contributed by atoms with Crippen molar-refractivity contribution < 1.29 is 0 Å². The molecule has 1 unspecified atom stereocenters. The van der Waals surface area contributed by atoms with E-state index in [1.807, 2.05) is 0 Å². The minimum absolute atomic E-state index is 0.453. The molecule has 1 aromatic carbocycles. The van der Waals surface area contributed by atoms with Gasteiger partial charge in [-0.25, -0.2) is 4.98 Å². The van der Waals surface area contributed by atoms with Gasteiger partial charge in [-0.1, -0.05) is 30.7 Å². The zero-order valence-corrected chi connectivity index (χ0v) is 12.5. The average Bonchev–Trinajstić information content (AvgIpc) is 2.56. The fourth-order valence-corrected chi connectivity index (χ4v) is 2.94. The topological polar surface area (TPSA) is 55.0 Å². The van der Waals surface area contributed by atoms with Gasteiger partial charge in [0.15, 0.2) is 0 Å². The summed E-state index contributed by atoms with van der Waals surface area (Å²) in [5, 5.41) is 0. The van der Waals surface area contributed by atoms with Crippen LogP contribution in [0.4, 0.5) is 5.82 Å². The van der Waals surface area contributed by atoms with Crippen molar-refractivity contribution in [2.24, 2.45) is 0 Å². The van der Waals surface area contributed by atoms with Crippen molar-refractivity contribution >= 4 is 5.82 Å². The number of piperidine rings is 1. The van der Waals surface area contributed by atoms with Crippen molar-refractivity contribution in [3.8, 4) is 11.3 Å². The number of aromatic nitrogens is 2. The van der Waals surface area contributed by atoms with Crippen LogP contribution >= 0.6 is 0 Å². The van der Waals surface area contributed by atoms with Crippen LogP contribution < -0.4 is 5.73 Å². The standard InChI is InChI=1S/C17H22N4/c1-13(21-9-3-2-4-10-21)14-5-7-15(8-6-14)16-11-20-17(18)12-19-16/h5-8,11-13H,2-4,9-10H2,1H3,(H2,18,20). The number of hydrogen-bond acceptors (Lipinski definition) is 4. The van der Waals surface area contributed by atoms with Crippen molar-refractivity contribution in [2.45, 2.75) is 32.2 Å². The van der Waals surface area contributed by atoms with Crippen molar-refractivity contribution in [3.63, 3.8) is 0 Å². The Kier molecular flexibility index (Phi) is 4.15. The Hall–Kier alpha value is -1.94. The van der Waals surface area contributed by atoms with Crippen LogP contribution in [0.25, 0.3) is 11.3 Å². The number of nitrogen functional groups attached to an aromatic ring is 1. The van der Waals surface area contributed by atoms with Gasteiger partial charge in [0.25, 0.3) is 0 Å². The molecule has 0 bridgehead atoms. The number of anilines is 1. The van der Waals surface area contributed by atoms with Crippen LogP contribution in [-0.2, 0) is 0 Å². The predicted molar refractivity (Wildman–Crippen MR) is 85.7 cm³/mol. The molecule has 3 rings (SSSR count). The van der Waals surface area contributed by atoms with Crippen LogP contribution in [0.3, 0.4) is 0 Å². The molecule has 4 nitrogen and oxygen atoms in total. The molecular formula is C17H22N4. The van der Waals surface area contributed by atoms with E-state index in [2.05, 4.69) is 46.1 Å². The molecule has 1 fully saturated rings. The fraction of sp³-hybridized carbons (Fsp3) is 0.412. The van der Waals surface area contributed by atoms with E-state index < -0.39 is 0 Å². The Balaban J connectivity index is 1.75. The molecule has 110 valence electrons. The maximum Gasteiger partial charge on any atom is 0.141 e. The molecule has 21 heavy (non-hydrogen) atoms. The van der Waals surface area contributed by atoms with Crippen molar-refractivity contribution in [3.05, 3.63) is 42.2 Å². The lowest BCUT2D eigenvalue weighted by molar-refractivity contribution is 0.175. The van der Waals surface area contributed by atoms with E-state index in [1.165, 1.54) is 37.9 Å². The highest BCUT2D eigenvalue weighted by Gasteiger charge is 2.17. The molecule has 1 aliphatic heterocycles. The second-order valence-corrected chi connectivity index (χ2v) is 5.72. The highest BCUT2D eigenvalue weighted by atomic mass is 15.2. The molecule has 2 heterocycles. The first-order valence-corrected chi connectivity index (χ1v) is 7.66. The van der Waals surface area contributed by atoms with E-state index in [1.54, 1.807) is 12.4 Å². The molecule has 0 radical (unpaired) electrons. The van der Waals surface area contributed by atoms with E-state index >= 15 is 0 Å². The summed E-state index contributed by atoms with van der Waals surface area (Å²) in [5.41, 5.74) is 8.88. The van der Waals surface area contributed by atoms with Gasteiger partial charge < -0.3 is 5.73 Å².